The number of sulfonamides is 1. The molecule has 7 nitrogen and oxygen atoms in total. The first-order valence-corrected chi connectivity index (χ1v) is 6.82. The van der Waals surface area contributed by atoms with Crippen molar-refractivity contribution in [3.05, 3.63) is 28.2 Å². The first-order chi connectivity index (χ1) is 8.24. The average molecular weight is 337 g/mol. The number of aromatic carboxylic acids is 1. The third kappa shape index (κ3) is 3.52. The molecule has 0 unspecified atom stereocenters. The van der Waals surface area contributed by atoms with Crippen LogP contribution >= 0.6 is 15.9 Å². The van der Waals surface area contributed by atoms with Gasteiger partial charge in [-0.25, -0.2) is 17.9 Å². The van der Waals surface area contributed by atoms with Crippen molar-refractivity contribution in [1.29, 1.82) is 0 Å². The molecule has 0 aromatic heterocycles. The SMILES string of the molecule is NC(=O)CNS(=O)(=O)c1ccc(Br)c(C(=O)O)c1. The fourth-order valence-corrected chi connectivity index (χ4v) is 2.52. The highest BCUT2D eigenvalue weighted by Crippen LogP contribution is 2.20. The predicted octanol–water partition coefficient (Wildman–Crippen LogP) is -0.0891. The van der Waals surface area contributed by atoms with Crippen molar-refractivity contribution in [1.82, 2.24) is 4.72 Å². The number of hydrogen-bond donors (Lipinski definition) is 3. The number of halogens is 1. The zero-order valence-electron chi connectivity index (χ0n) is 8.88. The number of carbonyl (C=O) groups is 2. The fourth-order valence-electron chi connectivity index (χ4n) is 1.08. The smallest absolute Gasteiger partial charge is 0.336 e. The van der Waals surface area contributed by atoms with Crippen LogP contribution < -0.4 is 10.5 Å². The fraction of sp³-hybridized carbons (Fsp3) is 0.111. The molecule has 0 saturated heterocycles. The van der Waals surface area contributed by atoms with Crippen LogP contribution in [-0.4, -0.2) is 31.9 Å². The Morgan fingerprint density at radius 1 is 1.39 bits per heavy atom. The van der Waals surface area contributed by atoms with Crippen molar-refractivity contribution in [2.75, 3.05) is 6.54 Å². The summed E-state index contributed by atoms with van der Waals surface area (Å²) >= 11 is 2.99. The molecule has 0 aliphatic rings. The molecule has 98 valence electrons. The molecule has 0 radical (unpaired) electrons. The summed E-state index contributed by atoms with van der Waals surface area (Å²) in [6, 6.07) is 3.48. The van der Waals surface area contributed by atoms with Crippen LogP contribution in [0.1, 0.15) is 10.4 Å². The van der Waals surface area contributed by atoms with E-state index >= 15 is 0 Å². The van der Waals surface area contributed by atoms with Gasteiger partial charge in [-0.2, -0.15) is 0 Å². The quantitative estimate of drug-likeness (QED) is 0.692. The minimum atomic E-state index is -3.96. The van der Waals surface area contributed by atoms with Crippen LogP contribution in [0, 0.1) is 0 Å². The highest BCUT2D eigenvalue weighted by molar-refractivity contribution is 9.10. The lowest BCUT2D eigenvalue weighted by molar-refractivity contribution is -0.116. The Hall–Kier alpha value is -1.45. The maximum Gasteiger partial charge on any atom is 0.336 e. The lowest BCUT2D eigenvalue weighted by Gasteiger charge is -2.06. The topological polar surface area (TPSA) is 127 Å². The molecule has 0 aliphatic heterocycles. The molecule has 0 saturated carbocycles. The van der Waals surface area contributed by atoms with Crippen molar-refractivity contribution >= 4 is 37.8 Å². The van der Waals surface area contributed by atoms with Crippen molar-refractivity contribution in [3.63, 3.8) is 0 Å². The molecule has 4 N–H and O–H groups in total. The molecule has 0 atom stereocenters. The summed E-state index contributed by atoms with van der Waals surface area (Å²) in [7, 11) is -3.96. The first kappa shape index (κ1) is 14.6. The van der Waals surface area contributed by atoms with E-state index in [0.29, 0.717) is 0 Å². The lowest BCUT2D eigenvalue weighted by atomic mass is 10.2. The number of carbonyl (C=O) groups excluding carboxylic acids is 1. The van der Waals surface area contributed by atoms with E-state index < -0.39 is 28.4 Å². The molecule has 1 rings (SSSR count). The van der Waals surface area contributed by atoms with Crippen LogP contribution in [-0.2, 0) is 14.8 Å². The van der Waals surface area contributed by atoms with Crippen LogP contribution in [0.4, 0.5) is 0 Å². The van der Waals surface area contributed by atoms with E-state index in [1.54, 1.807) is 0 Å². The highest BCUT2D eigenvalue weighted by atomic mass is 79.9. The van der Waals surface area contributed by atoms with Gasteiger partial charge in [0.05, 0.1) is 17.0 Å². The predicted molar refractivity (Wildman–Crippen MR) is 65.5 cm³/mol. The molecule has 1 amide bonds. The van der Waals surface area contributed by atoms with Gasteiger partial charge in [0.2, 0.25) is 15.9 Å². The summed E-state index contributed by atoms with van der Waals surface area (Å²) in [5.74, 6) is -2.11. The summed E-state index contributed by atoms with van der Waals surface area (Å²) in [6.45, 7) is -0.555. The molecule has 1 aromatic rings. The molecular weight excluding hydrogens is 328 g/mol. The Kier molecular flexibility index (Phi) is 4.43. The molecular formula is C9H9BrN2O5S. The number of nitrogens with one attached hydrogen (secondary N) is 1. The maximum atomic E-state index is 11.7. The zero-order valence-corrected chi connectivity index (χ0v) is 11.3. The third-order valence-corrected chi connectivity index (χ3v) is 4.01. The van der Waals surface area contributed by atoms with Gasteiger partial charge in [0.15, 0.2) is 0 Å². The molecule has 0 heterocycles. The molecule has 18 heavy (non-hydrogen) atoms. The Morgan fingerprint density at radius 3 is 2.50 bits per heavy atom. The van der Waals surface area contributed by atoms with Crippen LogP contribution in [0.5, 0.6) is 0 Å². The van der Waals surface area contributed by atoms with Crippen molar-refractivity contribution in [2.45, 2.75) is 4.90 Å². The van der Waals surface area contributed by atoms with E-state index in [9.17, 15) is 18.0 Å². The molecule has 9 heteroatoms. The number of nitrogens with two attached hydrogens (primary N) is 1. The summed E-state index contributed by atoms with van der Waals surface area (Å²) in [6.07, 6.45) is 0. The number of amides is 1. The number of hydrogen-bond acceptors (Lipinski definition) is 4. The second-order valence-corrected chi connectivity index (χ2v) is 5.86. The molecule has 0 fully saturated rings. The second kappa shape index (κ2) is 5.46. The third-order valence-electron chi connectivity index (χ3n) is 1.91. The molecule has 0 aliphatic carbocycles. The van der Waals surface area contributed by atoms with Gasteiger partial charge in [0.25, 0.3) is 0 Å². The van der Waals surface area contributed by atoms with E-state index in [1.165, 1.54) is 12.1 Å². The molecule has 1 aromatic carbocycles. The van der Waals surface area contributed by atoms with Gasteiger partial charge in [-0.1, -0.05) is 0 Å². The van der Waals surface area contributed by atoms with Gasteiger partial charge in [-0.15, -0.1) is 0 Å². The van der Waals surface area contributed by atoms with Crippen LogP contribution in [0.3, 0.4) is 0 Å². The first-order valence-electron chi connectivity index (χ1n) is 4.55. The molecule has 0 bridgehead atoms. The van der Waals surface area contributed by atoms with E-state index in [1.807, 2.05) is 4.72 Å². The Bertz CT molecular complexity index is 599. The number of benzene rings is 1. The number of carboxylic acids is 1. The van der Waals surface area contributed by atoms with E-state index in [2.05, 4.69) is 15.9 Å². The number of carboxylic acid groups (broad SMARTS) is 1. The van der Waals surface area contributed by atoms with Gasteiger partial charge in [0, 0.05) is 4.47 Å². The van der Waals surface area contributed by atoms with Crippen LogP contribution in [0.2, 0.25) is 0 Å². The van der Waals surface area contributed by atoms with E-state index in [-0.39, 0.29) is 14.9 Å². The normalized spacial score (nSPS) is 11.2. The van der Waals surface area contributed by atoms with Gasteiger partial charge in [0.1, 0.15) is 0 Å². The minimum absolute atomic E-state index is 0.197. The second-order valence-electron chi connectivity index (χ2n) is 3.24. The van der Waals surface area contributed by atoms with Crippen LogP contribution in [0.25, 0.3) is 0 Å². The number of rotatable bonds is 5. The van der Waals surface area contributed by atoms with Gasteiger partial charge >= 0.3 is 5.97 Å². The Morgan fingerprint density at radius 2 is 2.00 bits per heavy atom. The largest absolute Gasteiger partial charge is 0.478 e. The zero-order chi connectivity index (χ0) is 13.9. The van der Waals surface area contributed by atoms with Crippen molar-refractivity contribution in [2.24, 2.45) is 5.73 Å². The minimum Gasteiger partial charge on any atom is -0.478 e. The number of primary amides is 1. The van der Waals surface area contributed by atoms with Crippen molar-refractivity contribution < 1.29 is 23.1 Å². The monoisotopic (exact) mass is 336 g/mol. The van der Waals surface area contributed by atoms with Crippen LogP contribution in [0.15, 0.2) is 27.6 Å². The van der Waals surface area contributed by atoms with Gasteiger partial charge in [-0.05, 0) is 34.1 Å². The average Bonchev–Trinajstić information content (AvgIpc) is 2.26. The van der Waals surface area contributed by atoms with E-state index in [0.717, 1.165) is 6.07 Å². The summed E-state index contributed by atoms with van der Waals surface area (Å²) in [5.41, 5.74) is 4.62. The van der Waals surface area contributed by atoms with Gasteiger partial charge < -0.3 is 10.8 Å². The Balaban J connectivity index is 3.14. The van der Waals surface area contributed by atoms with E-state index in [4.69, 9.17) is 10.8 Å². The summed E-state index contributed by atoms with van der Waals surface area (Å²) in [4.78, 5) is 21.1. The van der Waals surface area contributed by atoms with Crippen molar-refractivity contribution in [3.8, 4) is 0 Å². The summed E-state index contributed by atoms with van der Waals surface area (Å²) in [5, 5.41) is 8.85. The lowest BCUT2D eigenvalue weighted by Crippen LogP contribution is -2.33. The Labute approximate surface area is 111 Å². The molecule has 0 spiro atoms. The highest BCUT2D eigenvalue weighted by Gasteiger charge is 2.18. The standard InChI is InChI=1S/C9H9BrN2O5S/c10-7-2-1-5(3-6(7)9(14)15)18(16,17)12-4-8(11)13/h1-3,12H,4H2,(H2,11,13)(H,14,15). The summed E-state index contributed by atoms with van der Waals surface area (Å²) < 4.78 is 25.6. The maximum absolute atomic E-state index is 11.7. The van der Waals surface area contributed by atoms with Gasteiger partial charge in [-0.3, -0.25) is 4.79 Å².